The van der Waals surface area contributed by atoms with E-state index in [1.807, 2.05) is 25.1 Å². The van der Waals surface area contributed by atoms with Crippen molar-refractivity contribution in [2.75, 3.05) is 40.0 Å². The lowest BCUT2D eigenvalue weighted by atomic mass is 10.2. The van der Waals surface area contributed by atoms with Gasteiger partial charge < -0.3 is 20.1 Å². The van der Waals surface area contributed by atoms with Gasteiger partial charge in [0.15, 0.2) is 5.96 Å². The number of rotatable bonds is 12. The van der Waals surface area contributed by atoms with E-state index in [0.717, 1.165) is 58.1 Å². The Hall–Kier alpha value is -0.860. The van der Waals surface area contributed by atoms with Crippen LogP contribution in [0.4, 0.5) is 0 Å². The average molecular weight is 449 g/mol. The molecule has 0 amide bonds. The van der Waals surface area contributed by atoms with E-state index in [0.29, 0.717) is 6.61 Å². The molecule has 0 spiro atoms. The zero-order chi connectivity index (χ0) is 16.6. The normalized spacial score (nSPS) is 11.0. The molecule has 0 aliphatic carbocycles. The molecule has 0 saturated carbocycles. The van der Waals surface area contributed by atoms with Crippen LogP contribution in [-0.2, 0) is 16.1 Å². The maximum absolute atomic E-state index is 5.67. The molecule has 0 aliphatic rings. The first-order chi connectivity index (χ1) is 11.4. The molecule has 0 bridgehead atoms. The first-order valence-electron chi connectivity index (χ1n) is 8.50. The molecule has 5 nitrogen and oxygen atoms in total. The number of halogens is 1. The Kier molecular flexibility index (Phi) is 16.4. The molecule has 0 heterocycles. The van der Waals surface area contributed by atoms with Crippen molar-refractivity contribution >= 4 is 29.9 Å². The van der Waals surface area contributed by atoms with E-state index in [-0.39, 0.29) is 24.0 Å². The van der Waals surface area contributed by atoms with Crippen molar-refractivity contribution in [3.63, 3.8) is 0 Å². The minimum absolute atomic E-state index is 0. The van der Waals surface area contributed by atoms with Crippen molar-refractivity contribution in [1.82, 2.24) is 10.6 Å². The SMILES string of the molecule is CCOCCCNC(=NC)NCCCCOCc1ccccc1.I. The van der Waals surface area contributed by atoms with E-state index in [4.69, 9.17) is 9.47 Å². The van der Waals surface area contributed by atoms with Gasteiger partial charge in [-0.2, -0.15) is 0 Å². The van der Waals surface area contributed by atoms with Gasteiger partial charge in [0, 0.05) is 40.0 Å². The van der Waals surface area contributed by atoms with Crippen molar-refractivity contribution in [1.29, 1.82) is 0 Å². The van der Waals surface area contributed by atoms with E-state index >= 15 is 0 Å². The third kappa shape index (κ3) is 12.5. The summed E-state index contributed by atoms with van der Waals surface area (Å²) in [7, 11) is 1.79. The summed E-state index contributed by atoms with van der Waals surface area (Å²) in [5.74, 6) is 0.853. The highest BCUT2D eigenvalue weighted by Gasteiger charge is 1.97. The molecular weight excluding hydrogens is 417 g/mol. The number of nitrogens with one attached hydrogen (secondary N) is 2. The summed E-state index contributed by atoms with van der Waals surface area (Å²) in [5, 5.41) is 6.59. The monoisotopic (exact) mass is 449 g/mol. The van der Waals surface area contributed by atoms with Crippen molar-refractivity contribution in [2.24, 2.45) is 4.99 Å². The molecule has 138 valence electrons. The molecule has 0 atom stereocenters. The number of guanidine groups is 1. The molecular formula is C18H32IN3O2. The Morgan fingerprint density at radius 2 is 1.62 bits per heavy atom. The molecule has 0 aromatic heterocycles. The van der Waals surface area contributed by atoms with Crippen LogP contribution in [0.25, 0.3) is 0 Å². The van der Waals surface area contributed by atoms with Crippen LogP contribution in [0.5, 0.6) is 0 Å². The summed E-state index contributed by atoms with van der Waals surface area (Å²) in [6.45, 7) is 6.84. The molecule has 1 aromatic rings. The van der Waals surface area contributed by atoms with Crippen molar-refractivity contribution in [3.05, 3.63) is 35.9 Å². The Morgan fingerprint density at radius 1 is 0.958 bits per heavy atom. The second-order valence-electron chi connectivity index (χ2n) is 5.22. The van der Waals surface area contributed by atoms with Crippen LogP contribution in [0.1, 0.15) is 31.7 Å². The topological polar surface area (TPSA) is 54.9 Å². The number of unbranched alkanes of at least 4 members (excludes halogenated alkanes) is 1. The third-order valence-corrected chi connectivity index (χ3v) is 3.31. The number of hydrogen-bond acceptors (Lipinski definition) is 3. The zero-order valence-electron chi connectivity index (χ0n) is 14.9. The number of benzene rings is 1. The predicted octanol–water partition coefficient (Wildman–Crippen LogP) is 3.19. The Balaban J connectivity index is 0.00000529. The zero-order valence-corrected chi connectivity index (χ0v) is 17.3. The molecule has 1 aromatic carbocycles. The van der Waals surface area contributed by atoms with Crippen LogP contribution in [0, 0.1) is 0 Å². The van der Waals surface area contributed by atoms with Gasteiger partial charge in [-0.1, -0.05) is 30.3 Å². The van der Waals surface area contributed by atoms with E-state index in [9.17, 15) is 0 Å². The van der Waals surface area contributed by atoms with E-state index in [2.05, 4.69) is 27.8 Å². The van der Waals surface area contributed by atoms with Gasteiger partial charge in [0.25, 0.3) is 0 Å². The molecule has 0 radical (unpaired) electrons. The quantitative estimate of drug-likeness (QED) is 0.223. The largest absolute Gasteiger partial charge is 0.382 e. The number of hydrogen-bond donors (Lipinski definition) is 2. The summed E-state index contributed by atoms with van der Waals surface area (Å²) in [6.07, 6.45) is 3.09. The maximum Gasteiger partial charge on any atom is 0.190 e. The lowest BCUT2D eigenvalue weighted by Crippen LogP contribution is -2.38. The van der Waals surface area contributed by atoms with Gasteiger partial charge in [0.1, 0.15) is 0 Å². The summed E-state index contributed by atoms with van der Waals surface area (Å²) < 4.78 is 11.0. The standard InChI is InChI=1S/C18H31N3O2.HI/c1-3-22-15-9-13-21-18(19-2)20-12-7-8-14-23-16-17-10-5-4-6-11-17;/h4-6,10-11H,3,7-9,12-16H2,1-2H3,(H2,19,20,21);1H. The van der Waals surface area contributed by atoms with Gasteiger partial charge in [-0.05, 0) is 31.7 Å². The molecule has 6 heteroatoms. The summed E-state index contributed by atoms with van der Waals surface area (Å²) >= 11 is 0. The van der Waals surface area contributed by atoms with Crippen LogP contribution in [0.15, 0.2) is 35.3 Å². The maximum atomic E-state index is 5.67. The second-order valence-corrected chi connectivity index (χ2v) is 5.22. The Bertz CT molecular complexity index is 416. The highest BCUT2D eigenvalue weighted by Crippen LogP contribution is 2.01. The summed E-state index contributed by atoms with van der Waals surface area (Å²) in [6, 6.07) is 10.3. The fourth-order valence-electron chi connectivity index (χ4n) is 2.05. The van der Waals surface area contributed by atoms with Crippen molar-refractivity contribution in [2.45, 2.75) is 32.8 Å². The Labute approximate surface area is 163 Å². The average Bonchev–Trinajstić information content (AvgIpc) is 2.59. The minimum atomic E-state index is 0. The van der Waals surface area contributed by atoms with Gasteiger partial charge in [0.2, 0.25) is 0 Å². The van der Waals surface area contributed by atoms with Crippen LogP contribution in [0.2, 0.25) is 0 Å². The molecule has 0 saturated heterocycles. The molecule has 2 N–H and O–H groups in total. The smallest absolute Gasteiger partial charge is 0.190 e. The third-order valence-electron chi connectivity index (χ3n) is 3.31. The Morgan fingerprint density at radius 3 is 2.29 bits per heavy atom. The molecule has 0 unspecified atom stereocenters. The van der Waals surface area contributed by atoms with Gasteiger partial charge in [0.05, 0.1) is 6.61 Å². The van der Waals surface area contributed by atoms with Gasteiger partial charge >= 0.3 is 0 Å². The molecule has 1 rings (SSSR count). The highest BCUT2D eigenvalue weighted by atomic mass is 127. The number of nitrogens with zero attached hydrogens (tertiary/aromatic N) is 1. The first-order valence-corrected chi connectivity index (χ1v) is 8.50. The fraction of sp³-hybridized carbons (Fsp3) is 0.611. The lowest BCUT2D eigenvalue weighted by Gasteiger charge is -2.11. The number of aliphatic imine (C=N–C) groups is 1. The fourth-order valence-corrected chi connectivity index (χ4v) is 2.05. The number of ether oxygens (including phenoxy) is 2. The highest BCUT2D eigenvalue weighted by molar-refractivity contribution is 14.0. The molecule has 0 aliphatic heterocycles. The summed E-state index contributed by atoms with van der Waals surface area (Å²) in [4.78, 5) is 4.20. The molecule has 0 fully saturated rings. The second kappa shape index (κ2) is 17.0. The van der Waals surface area contributed by atoms with Crippen LogP contribution >= 0.6 is 24.0 Å². The van der Waals surface area contributed by atoms with Gasteiger partial charge in [-0.3, -0.25) is 4.99 Å². The van der Waals surface area contributed by atoms with Crippen LogP contribution < -0.4 is 10.6 Å². The summed E-state index contributed by atoms with van der Waals surface area (Å²) in [5.41, 5.74) is 1.22. The predicted molar refractivity (Wildman–Crippen MR) is 111 cm³/mol. The van der Waals surface area contributed by atoms with Crippen molar-refractivity contribution < 1.29 is 9.47 Å². The van der Waals surface area contributed by atoms with Crippen molar-refractivity contribution in [3.8, 4) is 0 Å². The first kappa shape index (κ1) is 23.1. The lowest BCUT2D eigenvalue weighted by molar-refractivity contribution is 0.117. The van der Waals surface area contributed by atoms with E-state index in [1.54, 1.807) is 7.05 Å². The molecule has 24 heavy (non-hydrogen) atoms. The van der Waals surface area contributed by atoms with Gasteiger partial charge in [-0.25, -0.2) is 0 Å². The van der Waals surface area contributed by atoms with Crippen LogP contribution in [-0.4, -0.2) is 45.9 Å². The van der Waals surface area contributed by atoms with Gasteiger partial charge in [-0.15, -0.1) is 24.0 Å². The minimum Gasteiger partial charge on any atom is -0.382 e. The van der Waals surface area contributed by atoms with Crippen LogP contribution in [0.3, 0.4) is 0 Å². The van der Waals surface area contributed by atoms with E-state index < -0.39 is 0 Å². The van der Waals surface area contributed by atoms with E-state index in [1.165, 1.54) is 5.56 Å².